The Hall–Kier alpha value is -3.41. The van der Waals surface area contributed by atoms with E-state index in [1.807, 2.05) is 28.8 Å². The first kappa shape index (κ1) is 27.2. The van der Waals surface area contributed by atoms with E-state index in [0.717, 1.165) is 36.2 Å². The Morgan fingerprint density at radius 3 is 2.54 bits per heavy atom. The molecule has 0 saturated carbocycles. The highest BCUT2D eigenvalue weighted by Gasteiger charge is 2.31. The number of nitrogens with zero attached hydrogens (tertiary/aromatic N) is 3. The molecule has 1 aliphatic rings. The number of aryl methyl sites for hydroxylation is 2. The van der Waals surface area contributed by atoms with Crippen molar-refractivity contribution in [2.45, 2.75) is 48.9 Å². The number of fused-ring (bicyclic) bond motifs is 1. The molecule has 0 fully saturated rings. The molecule has 1 aliphatic carbocycles. The smallest absolute Gasteiger partial charge is 0.173 e. The van der Waals surface area contributed by atoms with E-state index in [2.05, 4.69) is 0 Å². The number of rotatable bonds is 8. The summed E-state index contributed by atoms with van der Waals surface area (Å²) in [5, 5.41) is 9.87. The van der Waals surface area contributed by atoms with E-state index in [1.54, 1.807) is 19.2 Å². The largest absolute Gasteiger partial charge is 0.495 e. The van der Waals surface area contributed by atoms with Gasteiger partial charge in [-0.15, -0.1) is 0 Å². The van der Waals surface area contributed by atoms with Crippen LogP contribution in [0.5, 0.6) is 5.75 Å². The zero-order valence-electron chi connectivity index (χ0n) is 21.2. The quantitative estimate of drug-likeness (QED) is 0.201. The van der Waals surface area contributed by atoms with Crippen molar-refractivity contribution in [2.24, 2.45) is 0 Å². The first-order chi connectivity index (χ1) is 18.9. The van der Waals surface area contributed by atoms with Crippen molar-refractivity contribution in [3.8, 4) is 17.5 Å². The van der Waals surface area contributed by atoms with E-state index in [-0.39, 0.29) is 35.9 Å². The van der Waals surface area contributed by atoms with Gasteiger partial charge in [-0.2, -0.15) is 5.26 Å². The van der Waals surface area contributed by atoms with Crippen LogP contribution < -0.4 is 4.74 Å². The van der Waals surface area contributed by atoms with Gasteiger partial charge < -0.3 is 4.74 Å². The van der Waals surface area contributed by atoms with Crippen molar-refractivity contribution in [1.29, 1.82) is 5.26 Å². The van der Waals surface area contributed by atoms with Gasteiger partial charge in [-0.3, -0.25) is 4.57 Å². The fourth-order valence-corrected chi connectivity index (χ4v) is 6.29. The molecule has 1 heterocycles. The summed E-state index contributed by atoms with van der Waals surface area (Å²) in [5.41, 5.74) is 4.00. The Morgan fingerprint density at radius 2 is 1.85 bits per heavy atom. The number of hydrogen-bond donors (Lipinski definition) is 0. The number of benzene rings is 3. The lowest BCUT2D eigenvalue weighted by Crippen LogP contribution is -2.15. The number of thioether (sulfide) groups is 1. The molecule has 1 aromatic heterocycles. The maximum absolute atomic E-state index is 14.9. The minimum Gasteiger partial charge on any atom is -0.495 e. The van der Waals surface area contributed by atoms with Crippen LogP contribution in [0.1, 0.15) is 53.3 Å². The third-order valence-electron chi connectivity index (χ3n) is 6.93. The summed E-state index contributed by atoms with van der Waals surface area (Å²) in [5.74, 6) is -1.08. The lowest BCUT2D eigenvalue weighted by Gasteiger charge is -2.26. The van der Waals surface area contributed by atoms with Crippen molar-refractivity contribution < 1.29 is 17.9 Å². The second-order valence-electron chi connectivity index (χ2n) is 9.36. The summed E-state index contributed by atoms with van der Waals surface area (Å²) in [7, 11) is 1.57. The van der Waals surface area contributed by atoms with Crippen LogP contribution in [0.3, 0.4) is 0 Å². The minimum atomic E-state index is -0.647. The maximum atomic E-state index is 14.9. The molecule has 3 aromatic carbocycles. The Kier molecular flexibility index (Phi) is 8.20. The maximum Gasteiger partial charge on any atom is 0.173 e. The van der Waals surface area contributed by atoms with Crippen LogP contribution in [0.2, 0.25) is 5.02 Å². The highest BCUT2D eigenvalue weighted by molar-refractivity contribution is 7.98. The zero-order chi connectivity index (χ0) is 27.5. The number of aromatic nitrogens is 2. The fraction of sp³-hybridized carbons (Fsp3) is 0.267. The fourth-order valence-electron chi connectivity index (χ4n) is 5.03. The Bertz CT molecular complexity index is 1530. The zero-order valence-corrected chi connectivity index (χ0v) is 22.8. The lowest BCUT2D eigenvalue weighted by atomic mass is 9.84. The molecule has 200 valence electrons. The van der Waals surface area contributed by atoms with Crippen LogP contribution in [0, 0.1) is 28.8 Å². The van der Waals surface area contributed by atoms with Crippen LogP contribution >= 0.6 is 23.4 Å². The van der Waals surface area contributed by atoms with E-state index >= 15 is 0 Å². The molecule has 0 saturated heterocycles. The number of hydrogen-bond acceptors (Lipinski definition) is 4. The molecule has 0 bridgehead atoms. The van der Waals surface area contributed by atoms with Crippen molar-refractivity contribution in [3.63, 3.8) is 0 Å². The molecule has 5 rings (SSSR count). The molecule has 0 amide bonds. The predicted octanol–water partition coefficient (Wildman–Crippen LogP) is 8.17. The molecule has 0 radical (unpaired) electrons. The average molecular weight is 568 g/mol. The van der Waals surface area contributed by atoms with Crippen molar-refractivity contribution in [2.75, 3.05) is 7.11 Å². The van der Waals surface area contributed by atoms with E-state index < -0.39 is 11.6 Å². The summed E-state index contributed by atoms with van der Waals surface area (Å²) in [6.07, 6.45) is 3.02. The van der Waals surface area contributed by atoms with E-state index in [4.69, 9.17) is 26.6 Å². The lowest BCUT2D eigenvalue weighted by molar-refractivity contribution is 0.414. The van der Waals surface area contributed by atoms with Gasteiger partial charge in [-0.1, -0.05) is 29.4 Å². The summed E-state index contributed by atoms with van der Waals surface area (Å²) in [6, 6.07) is 16.4. The number of imidazole rings is 1. The molecule has 9 heteroatoms. The first-order valence-corrected chi connectivity index (χ1v) is 13.9. The second kappa shape index (κ2) is 11.8. The first-order valence-electron chi connectivity index (χ1n) is 12.6. The number of nitriles is 1. The summed E-state index contributed by atoms with van der Waals surface area (Å²) >= 11 is 7.52. The monoisotopic (exact) mass is 567 g/mol. The molecular formula is C30H25ClF3N3OS. The highest BCUT2D eigenvalue weighted by Crippen LogP contribution is 2.42. The summed E-state index contributed by atoms with van der Waals surface area (Å²) in [4.78, 5) is 4.91. The van der Waals surface area contributed by atoms with Gasteiger partial charge >= 0.3 is 0 Å². The van der Waals surface area contributed by atoms with Gasteiger partial charge in [0.1, 0.15) is 23.2 Å². The van der Waals surface area contributed by atoms with Crippen LogP contribution in [-0.2, 0) is 18.6 Å². The SMILES string of the molecule is COc1cc(C2CCCc3nc(SCc4c(F)cc(CCC#N)cc4F)n(-c4ccc(F)cc4)c32)ccc1Cl. The van der Waals surface area contributed by atoms with Crippen molar-refractivity contribution in [3.05, 3.63) is 105 Å². The van der Waals surface area contributed by atoms with E-state index in [0.29, 0.717) is 27.2 Å². The van der Waals surface area contributed by atoms with Gasteiger partial charge in [0, 0.05) is 29.3 Å². The van der Waals surface area contributed by atoms with Crippen LogP contribution in [0.15, 0.2) is 59.8 Å². The van der Waals surface area contributed by atoms with Gasteiger partial charge in [0.05, 0.1) is 29.6 Å². The van der Waals surface area contributed by atoms with Gasteiger partial charge in [0.25, 0.3) is 0 Å². The minimum absolute atomic E-state index is 0.0206. The van der Waals surface area contributed by atoms with Gasteiger partial charge in [-0.25, -0.2) is 18.2 Å². The predicted molar refractivity (Wildman–Crippen MR) is 146 cm³/mol. The Labute approximate surface area is 234 Å². The Morgan fingerprint density at radius 1 is 1.10 bits per heavy atom. The second-order valence-corrected chi connectivity index (χ2v) is 10.7. The third kappa shape index (κ3) is 5.66. The summed E-state index contributed by atoms with van der Waals surface area (Å²) in [6.45, 7) is 0. The van der Waals surface area contributed by atoms with Gasteiger partial charge in [0.15, 0.2) is 5.16 Å². The van der Waals surface area contributed by atoms with E-state index in [9.17, 15) is 13.2 Å². The van der Waals surface area contributed by atoms with Gasteiger partial charge in [0.2, 0.25) is 0 Å². The molecule has 0 aliphatic heterocycles. The molecular weight excluding hydrogens is 543 g/mol. The Balaban J connectivity index is 1.56. The summed E-state index contributed by atoms with van der Waals surface area (Å²) < 4.78 is 51.1. The molecule has 4 nitrogen and oxygen atoms in total. The number of methoxy groups -OCH3 is 1. The molecule has 1 atom stereocenters. The number of ether oxygens (including phenoxy) is 1. The average Bonchev–Trinajstić information content (AvgIpc) is 3.30. The molecule has 1 unspecified atom stereocenters. The van der Waals surface area contributed by atoms with Crippen molar-refractivity contribution in [1.82, 2.24) is 9.55 Å². The van der Waals surface area contributed by atoms with Crippen LogP contribution in [0.4, 0.5) is 13.2 Å². The molecule has 0 spiro atoms. The molecule has 39 heavy (non-hydrogen) atoms. The van der Waals surface area contributed by atoms with E-state index in [1.165, 1.54) is 36.0 Å². The standard InChI is InChI=1S/C30H25ClF3N3OS/c1-38-28-16-19(7-12-24(28)31)22-5-2-6-27-29(22)37(21-10-8-20(32)9-11-21)30(36-27)39-17-23-25(33)14-18(4-3-13-35)15-26(23)34/h7-12,14-16,22H,2-6,17H2,1H3. The third-order valence-corrected chi connectivity index (χ3v) is 8.21. The van der Waals surface area contributed by atoms with Crippen molar-refractivity contribution >= 4 is 23.4 Å². The number of halogens is 4. The van der Waals surface area contributed by atoms with Crippen LogP contribution in [-0.4, -0.2) is 16.7 Å². The molecule has 4 aromatic rings. The highest BCUT2D eigenvalue weighted by atomic mass is 35.5. The normalized spacial score (nSPS) is 14.6. The topological polar surface area (TPSA) is 50.8 Å². The molecule has 0 N–H and O–H groups in total. The van der Waals surface area contributed by atoms with Gasteiger partial charge in [-0.05, 0) is 85.3 Å². The van der Waals surface area contributed by atoms with Crippen LogP contribution in [0.25, 0.3) is 5.69 Å².